The molecule has 0 spiro atoms. The van der Waals surface area contributed by atoms with Crippen LogP contribution in [0.25, 0.3) is 0 Å². The number of ketones is 1. The van der Waals surface area contributed by atoms with E-state index < -0.39 is 0 Å². The molecule has 1 aromatic carbocycles. The molecule has 0 saturated heterocycles. The van der Waals surface area contributed by atoms with E-state index >= 15 is 0 Å². The monoisotopic (exact) mass is 286 g/mol. The van der Waals surface area contributed by atoms with E-state index in [2.05, 4.69) is 38.0 Å². The van der Waals surface area contributed by atoms with Crippen LogP contribution in [0.3, 0.4) is 0 Å². The standard InChI is InChI=1S/C17H22N2O2/c1-5-8-19-17(16(21-4)11-18-19)15(20)10-14-7-6-12(2)13(3)9-14/h6-7,9,11H,5,8,10H2,1-4H3. The van der Waals surface area contributed by atoms with Crippen LogP contribution in [0.4, 0.5) is 0 Å². The van der Waals surface area contributed by atoms with Crippen molar-refractivity contribution in [3.63, 3.8) is 0 Å². The molecule has 1 heterocycles. The van der Waals surface area contributed by atoms with Crippen molar-refractivity contribution in [2.75, 3.05) is 7.11 Å². The third-order valence-corrected chi connectivity index (χ3v) is 3.66. The van der Waals surface area contributed by atoms with Crippen molar-refractivity contribution in [1.29, 1.82) is 0 Å². The van der Waals surface area contributed by atoms with Crippen LogP contribution in [-0.4, -0.2) is 22.7 Å². The topological polar surface area (TPSA) is 44.1 Å². The largest absolute Gasteiger partial charge is 0.493 e. The molecular weight excluding hydrogens is 264 g/mol. The molecular formula is C17H22N2O2. The summed E-state index contributed by atoms with van der Waals surface area (Å²) in [5.41, 5.74) is 4.03. The molecule has 0 aliphatic rings. The first-order valence-corrected chi connectivity index (χ1v) is 7.26. The number of carbonyl (C=O) groups excluding carboxylic acids is 1. The molecule has 0 fully saturated rings. The molecule has 0 radical (unpaired) electrons. The number of aromatic nitrogens is 2. The van der Waals surface area contributed by atoms with Gasteiger partial charge in [0.2, 0.25) is 0 Å². The number of hydrogen-bond donors (Lipinski definition) is 0. The lowest BCUT2D eigenvalue weighted by Crippen LogP contribution is -2.13. The first kappa shape index (κ1) is 15.3. The second-order valence-electron chi connectivity index (χ2n) is 5.30. The van der Waals surface area contributed by atoms with Crippen molar-refractivity contribution in [1.82, 2.24) is 9.78 Å². The van der Waals surface area contributed by atoms with Gasteiger partial charge in [0, 0.05) is 13.0 Å². The van der Waals surface area contributed by atoms with Crippen LogP contribution in [0.15, 0.2) is 24.4 Å². The summed E-state index contributed by atoms with van der Waals surface area (Å²) in [5, 5.41) is 4.24. The van der Waals surface area contributed by atoms with Gasteiger partial charge in [-0.15, -0.1) is 0 Å². The Bertz CT molecular complexity index is 644. The van der Waals surface area contributed by atoms with Crippen molar-refractivity contribution in [3.8, 4) is 5.75 Å². The van der Waals surface area contributed by atoms with Gasteiger partial charge in [-0.3, -0.25) is 9.48 Å². The van der Waals surface area contributed by atoms with E-state index in [9.17, 15) is 4.79 Å². The van der Waals surface area contributed by atoms with E-state index in [0.29, 0.717) is 17.9 Å². The zero-order valence-corrected chi connectivity index (χ0v) is 13.1. The number of aryl methyl sites for hydroxylation is 3. The van der Waals surface area contributed by atoms with E-state index in [4.69, 9.17) is 4.74 Å². The van der Waals surface area contributed by atoms with Gasteiger partial charge >= 0.3 is 0 Å². The number of rotatable bonds is 6. The normalized spacial score (nSPS) is 10.7. The molecule has 112 valence electrons. The third kappa shape index (κ3) is 3.32. The summed E-state index contributed by atoms with van der Waals surface area (Å²) >= 11 is 0. The number of ether oxygens (including phenoxy) is 1. The summed E-state index contributed by atoms with van der Waals surface area (Å²) in [6.45, 7) is 6.91. The Morgan fingerprint density at radius 1 is 1.29 bits per heavy atom. The first-order chi connectivity index (χ1) is 10.1. The van der Waals surface area contributed by atoms with Gasteiger partial charge in [0.25, 0.3) is 0 Å². The van der Waals surface area contributed by atoms with Gasteiger partial charge in [0.05, 0.1) is 13.3 Å². The molecule has 4 nitrogen and oxygen atoms in total. The van der Waals surface area contributed by atoms with Crippen LogP contribution in [0, 0.1) is 13.8 Å². The number of Topliss-reactive ketones (excluding diaryl/α,β-unsaturated/α-hetero) is 1. The van der Waals surface area contributed by atoms with E-state index in [1.165, 1.54) is 11.1 Å². The fraction of sp³-hybridized carbons (Fsp3) is 0.412. The molecule has 2 rings (SSSR count). The van der Waals surface area contributed by atoms with Gasteiger partial charge in [0.1, 0.15) is 5.69 Å². The Balaban J connectivity index is 2.27. The summed E-state index contributed by atoms with van der Waals surface area (Å²) in [7, 11) is 1.57. The van der Waals surface area contributed by atoms with Crippen molar-refractivity contribution in [2.24, 2.45) is 0 Å². The predicted molar refractivity (Wildman–Crippen MR) is 83.0 cm³/mol. The van der Waals surface area contributed by atoms with Gasteiger partial charge in [-0.25, -0.2) is 0 Å². The Morgan fingerprint density at radius 2 is 2.05 bits per heavy atom. The number of hydrogen-bond acceptors (Lipinski definition) is 3. The highest BCUT2D eigenvalue weighted by Crippen LogP contribution is 2.21. The maximum Gasteiger partial charge on any atom is 0.189 e. The Morgan fingerprint density at radius 3 is 2.67 bits per heavy atom. The van der Waals surface area contributed by atoms with Gasteiger partial charge in [0.15, 0.2) is 11.5 Å². The molecule has 21 heavy (non-hydrogen) atoms. The molecule has 0 saturated carbocycles. The van der Waals surface area contributed by atoms with E-state index in [-0.39, 0.29) is 5.78 Å². The molecule has 0 bridgehead atoms. The second-order valence-corrected chi connectivity index (χ2v) is 5.30. The molecule has 0 aliphatic carbocycles. The predicted octanol–water partition coefficient (Wildman–Crippen LogP) is 3.34. The molecule has 0 unspecified atom stereocenters. The molecule has 0 N–H and O–H groups in total. The van der Waals surface area contributed by atoms with E-state index in [1.54, 1.807) is 18.0 Å². The van der Waals surface area contributed by atoms with Gasteiger partial charge in [-0.2, -0.15) is 5.10 Å². The Kier molecular flexibility index (Phi) is 4.78. The summed E-state index contributed by atoms with van der Waals surface area (Å²) in [6, 6.07) is 6.13. The summed E-state index contributed by atoms with van der Waals surface area (Å²) < 4.78 is 7.01. The van der Waals surface area contributed by atoms with Gasteiger partial charge in [-0.1, -0.05) is 25.1 Å². The fourth-order valence-corrected chi connectivity index (χ4v) is 2.36. The molecule has 2 aromatic rings. The van der Waals surface area contributed by atoms with E-state index in [1.807, 2.05) is 6.07 Å². The highest BCUT2D eigenvalue weighted by molar-refractivity contribution is 5.98. The smallest absolute Gasteiger partial charge is 0.189 e. The summed E-state index contributed by atoms with van der Waals surface area (Å²) in [6.07, 6.45) is 2.91. The molecule has 4 heteroatoms. The maximum atomic E-state index is 12.6. The summed E-state index contributed by atoms with van der Waals surface area (Å²) in [4.78, 5) is 12.6. The Hall–Kier alpha value is -2.10. The van der Waals surface area contributed by atoms with Crippen LogP contribution in [-0.2, 0) is 13.0 Å². The summed E-state index contributed by atoms with van der Waals surface area (Å²) in [5.74, 6) is 0.596. The number of methoxy groups -OCH3 is 1. The van der Waals surface area contributed by atoms with Crippen LogP contribution in [0.5, 0.6) is 5.75 Å². The maximum absolute atomic E-state index is 12.6. The second kappa shape index (κ2) is 6.57. The lowest BCUT2D eigenvalue weighted by molar-refractivity contribution is 0.0979. The van der Waals surface area contributed by atoms with Crippen molar-refractivity contribution in [3.05, 3.63) is 46.8 Å². The van der Waals surface area contributed by atoms with Gasteiger partial charge < -0.3 is 4.74 Å². The van der Waals surface area contributed by atoms with Crippen LogP contribution < -0.4 is 4.74 Å². The quantitative estimate of drug-likeness (QED) is 0.765. The lowest BCUT2D eigenvalue weighted by Gasteiger charge is -2.08. The van der Waals surface area contributed by atoms with Crippen LogP contribution in [0.2, 0.25) is 0 Å². The third-order valence-electron chi connectivity index (χ3n) is 3.66. The Labute approximate surface area is 125 Å². The number of nitrogens with zero attached hydrogens (tertiary/aromatic N) is 2. The van der Waals surface area contributed by atoms with Crippen molar-refractivity contribution < 1.29 is 9.53 Å². The van der Waals surface area contributed by atoms with Crippen molar-refractivity contribution >= 4 is 5.78 Å². The highest BCUT2D eigenvalue weighted by Gasteiger charge is 2.19. The first-order valence-electron chi connectivity index (χ1n) is 7.26. The molecule has 1 aromatic heterocycles. The van der Waals surface area contributed by atoms with E-state index in [0.717, 1.165) is 18.5 Å². The lowest BCUT2D eigenvalue weighted by atomic mass is 10.0. The average Bonchev–Trinajstić information content (AvgIpc) is 2.86. The zero-order chi connectivity index (χ0) is 15.4. The minimum atomic E-state index is 0.0426. The SMILES string of the molecule is CCCn1ncc(OC)c1C(=O)Cc1ccc(C)c(C)c1. The van der Waals surface area contributed by atoms with Crippen LogP contribution >= 0.6 is 0 Å². The molecule has 0 amide bonds. The van der Waals surface area contributed by atoms with Crippen molar-refractivity contribution in [2.45, 2.75) is 40.2 Å². The fourth-order valence-electron chi connectivity index (χ4n) is 2.36. The molecule has 0 atom stereocenters. The highest BCUT2D eigenvalue weighted by atomic mass is 16.5. The average molecular weight is 286 g/mol. The number of benzene rings is 1. The zero-order valence-electron chi connectivity index (χ0n) is 13.1. The molecule has 0 aliphatic heterocycles. The number of carbonyl (C=O) groups is 1. The van der Waals surface area contributed by atoms with Crippen LogP contribution in [0.1, 0.15) is 40.5 Å². The minimum Gasteiger partial charge on any atom is -0.493 e. The van der Waals surface area contributed by atoms with Gasteiger partial charge in [-0.05, 0) is 37.0 Å². The minimum absolute atomic E-state index is 0.0426.